The van der Waals surface area contributed by atoms with Gasteiger partial charge in [-0.25, -0.2) is 0 Å². The van der Waals surface area contributed by atoms with Gasteiger partial charge >= 0.3 is 0 Å². The van der Waals surface area contributed by atoms with E-state index in [9.17, 15) is 0 Å². The van der Waals surface area contributed by atoms with Gasteiger partial charge in [-0.1, -0.05) is 36.7 Å². The quantitative estimate of drug-likeness (QED) is 0.845. The van der Waals surface area contributed by atoms with Gasteiger partial charge in [-0.2, -0.15) is 0 Å². The van der Waals surface area contributed by atoms with Crippen LogP contribution in [0.4, 0.5) is 5.69 Å². The number of anilines is 1. The molecule has 0 bridgehead atoms. The lowest BCUT2D eigenvalue weighted by atomic mass is 10.1. The highest BCUT2D eigenvalue weighted by atomic mass is 79.9. The smallest absolute Gasteiger partial charge is 0.0413 e. The first-order chi connectivity index (χ1) is 10.1. The molecule has 3 nitrogen and oxygen atoms in total. The molecule has 2 rings (SSSR count). The molecule has 1 saturated heterocycles. The van der Waals surface area contributed by atoms with Crippen molar-refractivity contribution >= 4 is 21.6 Å². The van der Waals surface area contributed by atoms with Crippen LogP contribution in [0.5, 0.6) is 0 Å². The SMILES string of the molecule is CCNCc1cc(Br)ccc1N1CCN(CC(C)C)CC1. The maximum absolute atomic E-state index is 3.59. The number of benzene rings is 1. The molecule has 0 unspecified atom stereocenters. The van der Waals surface area contributed by atoms with Crippen molar-refractivity contribution in [2.24, 2.45) is 5.92 Å². The summed E-state index contributed by atoms with van der Waals surface area (Å²) < 4.78 is 1.16. The maximum Gasteiger partial charge on any atom is 0.0413 e. The number of piperazine rings is 1. The van der Waals surface area contributed by atoms with Gasteiger partial charge in [0.05, 0.1) is 0 Å². The fraction of sp³-hybridized carbons (Fsp3) is 0.647. The molecule has 1 aliphatic heterocycles. The van der Waals surface area contributed by atoms with Crippen molar-refractivity contribution in [3.63, 3.8) is 0 Å². The van der Waals surface area contributed by atoms with E-state index in [0.29, 0.717) is 0 Å². The summed E-state index contributed by atoms with van der Waals surface area (Å²) in [4.78, 5) is 5.12. The van der Waals surface area contributed by atoms with Crippen molar-refractivity contribution in [2.45, 2.75) is 27.3 Å². The molecule has 1 heterocycles. The highest BCUT2D eigenvalue weighted by Gasteiger charge is 2.19. The highest BCUT2D eigenvalue weighted by molar-refractivity contribution is 9.10. The first-order valence-corrected chi connectivity index (χ1v) is 8.86. The molecule has 1 aromatic carbocycles. The lowest BCUT2D eigenvalue weighted by Crippen LogP contribution is -2.47. The zero-order valence-corrected chi connectivity index (χ0v) is 15.1. The summed E-state index contributed by atoms with van der Waals surface area (Å²) in [7, 11) is 0. The third-order valence-electron chi connectivity index (χ3n) is 3.94. The molecular formula is C17H28BrN3. The first-order valence-electron chi connectivity index (χ1n) is 8.06. The molecule has 1 fully saturated rings. The molecule has 118 valence electrons. The van der Waals surface area contributed by atoms with E-state index in [-0.39, 0.29) is 0 Å². The topological polar surface area (TPSA) is 18.5 Å². The molecule has 21 heavy (non-hydrogen) atoms. The Morgan fingerprint density at radius 3 is 2.52 bits per heavy atom. The van der Waals surface area contributed by atoms with Crippen LogP contribution in [0.25, 0.3) is 0 Å². The van der Waals surface area contributed by atoms with Crippen LogP contribution >= 0.6 is 15.9 Å². The van der Waals surface area contributed by atoms with Crippen LogP contribution in [0.1, 0.15) is 26.3 Å². The number of halogens is 1. The Bertz CT molecular complexity index is 440. The second-order valence-corrected chi connectivity index (χ2v) is 7.15. The van der Waals surface area contributed by atoms with Crippen LogP contribution < -0.4 is 10.2 Å². The zero-order chi connectivity index (χ0) is 15.2. The summed E-state index contributed by atoms with van der Waals surface area (Å²) in [6.45, 7) is 14.5. The molecule has 4 heteroatoms. The van der Waals surface area contributed by atoms with Crippen LogP contribution in [0.15, 0.2) is 22.7 Å². The van der Waals surface area contributed by atoms with Crippen molar-refractivity contribution < 1.29 is 0 Å². The van der Waals surface area contributed by atoms with Crippen molar-refractivity contribution in [1.82, 2.24) is 10.2 Å². The minimum Gasteiger partial charge on any atom is -0.369 e. The van der Waals surface area contributed by atoms with Crippen molar-refractivity contribution in [3.8, 4) is 0 Å². The fourth-order valence-corrected chi connectivity index (χ4v) is 3.36. The second-order valence-electron chi connectivity index (χ2n) is 6.23. The number of rotatable bonds is 6. The number of hydrogen-bond donors (Lipinski definition) is 1. The van der Waals surface area contributed by atoms with Crippen molar-refractivity contribution in [3.05, 3.63) is 28.2 Å². The van der Waals surface area contributed by atoms with Gasteiger partial charge in [0.15, 0.2) is 0 Å². The molecule has 0 aliphatic carbocycles. The predicted octanol–water partition coefficient (Wildman–Crippen LogP) is 3.34. The molecular weight excluding hydrogens is 326 g/mol. The van der Waals surface area contributed by atoms with Gasteiger partial charge in [0.2, 0.25) is 0 Å². The minimum absolute atomic E-state index is 0.758. The summed E-state index contributed by atoms with van der Waals surface area (Å²) >= 11 is 3.59. The van der Waals surface area contributed by atoms with E-state index >= 15 is 0 Å². The summed E-state index contributed by atoms with van der Waals surface area (Å²) in [5.41, 5.74) is 2.78. The lowest BCUT2D eigenvalue weighted by molar-refractivity contribution is 0.231. The standard InChI is InChI=1S/C17H28BrN3/c1-4-19-12-15-11-16(18)5-6-17(15)21-9-7-20(8-10-21)13-14(2)3/h5-6,11,14,19H,4,7-10,12-13H2,1-3H3. The van der Waals surface area contributed by atoms with Crippen LogP contribution in [0.3, 0.4) is 0 Å². The average Bonchev–Trinajstić information content (AvgIpc) is 2.46. The van der Waals surface area contributed by atoms with E-state index in [1.165, 1.54) is 30.9 Å². The maximum atomic E-state index is 3.59. The number of nitrogens with one attached hydrogen (secondary N) is 1. The van der Waals surface area contributed by atoms with E-state index in [2.05, 4.69) is 70.0 Å². The van der Waals surface area contributed by atoms with Gasteiger partial charge < -0.3 is 10.2 Å². The third kappa shape index (κ3) is 4.97. The van der Waals surface area contributed by atoms with Crippen LogP contribution in [0.2, 0.25) is 0 Å². The van der Waals surface area contributed by atoms with E-state index < -0.39 is 0 Å². The largest absolute Gasteiger partial charge is 0.369 e. The van der Waals surface area contributed by atoms with Gasteiger partial charge in [0.25, 0.3) is 0 Å². The van der Waals surface area contributed by atoms with E-state index in [0.717, 1.165) is 36.6 Å². The molecule has 0 saturated carbocycles. The Balaban J connectivity index is 2.02. The van der Waals surface area contributed by atoms with E-state index in [1.807, 2.05) is 0 Å². The Labute approximate surface area is 137 Å². The van der Waals surface area contributed by atoms with Gasteiger partial charge in [0.1, 0.15) is 0 Å². The normalized spacial score (nSPS) is 16.7. The van der Waals surface area contributed by atoms with Crippen LogP contribution in [-0.2, 0) is 6.54 Å². The summed E-state index contributed by atoms with van der Waals surface area (Å²) in [5, 5.41) is 3.45. The lowest BCUT2D eigenvalue weighted by Gasteiger charge is -2.37. The third-order valence-corrected chi connectivity index (χ3v) is 4.44. The molecule has 1 aromatic rings. The van der Waals surface area contributed by atoms with E-state index in [1.54, 1.807) is 0 Å². The Kier molecular flexibility index (Phi) is 6.52. The number of nitrogens with zero attached hydrogens (tertiary/aromatic N) is 2. The molecule has 1 N–H and O–H groups in total. The van der Waals surface area contributed by atoms with Crippen LogP contribution in [0, 0.1) is 5.92 Å². The highest BCUT2D eigenvalue weighted by Crippen LogP contribution is 2.26. The van der Waals surface area contributed by atoms with Gasteiger partial charge in [0, 0.05) is 49.4 Å². The molecule has 0 amide bonds. The van der Waals surface area contributed by atoms with Gasteiger partial charge in [-0.15, -0.1) is 0 Å². The van der Waals surface area contributed by atoms with Crippen molar-refractivity contribution in [2.75, 3.05) is 44.2 Å². The molecule has 0 radical (unpaired) electrons. The molecule has 0 aromatic heterocycles. The average molecular weight is 354 g/mol. The summed E-state index contributed by atoms with van der Waals surface area (Å²) in [5.74, 6) is 0.758. The van der Waals surface area contributed by atoms with Gasteiger partial charge in [-0.05, 0) is 36.2 Å². The summed E-state index contributed by atoms with van der Waals surface area (Å²) in [6.07, 6.45) is 0. The summed E-state index contributed by atoms with van der Waals surface area (Å²) in [6, 6.07) is 6.67. The first kappa shape index (κ1) is 16.8. The second kappa shape index (κ2) is 8.16. The molecule has 0 atom stereocenters. The van der Waals surface area contributed by atoms with Crippen molar-refractivity contribution in [1.29, 1.82) is 0 Å². The van der Waals surface area contributed by atoms with Crippen LogP contribution in [-0.4, -0.2) is 44.2 Å². The minimum atomic E-state index is 0.758. The predicted molar refractivity (Wildman–Crippen MR) is 95.0 cm³/mol. The Morgan fingerprint density at radius 1 is 1.19 bits per heavy atom. The fourth-order valence-electron chi connectivity index (χ4n) is 2.95. The monoisotopic (exact) mass is 353 g/mol. The van der Waals surface area contributed by atoms with E-state index in [4.69, 9.17) is 0 Å². The number of hydrogen-bond acceptors (Lipinski definition) is 3. The molecule has 1 aliphatic rings. The molecule has 0 spiro atoms. The van der Waals surface area contributed by atoms with Gasteiger partial charge in [-0.3, -0.25) is 4.90 Å². The Hall–Kier alpha value is -0.580. The zero-order valence-electron chi connectivity index (χ0n) is 13.5. The Morgan fingerprint density at radius 2 is 1.90 bits per heavy atom.